The number of carbonyl (C=O) groups is 1. The molecule has 78 valence electrons. The zero-order valence-electron chi connectivity index (χ0n) is 8.82. The lowest BCUT2D eigenvalue weighted by molar-refractivity contribution is 0.102. The van der Waals surface area contributed by atoms with Crippen molar-refractivity contribution in [2.24, 2.45) is 0 Å². The average molecular weight is 237 g/mol. The predicted molar refractivity (Wildman–Crippen MR) is 70.2 cm³/mol. The molecule has 0 aliphatic rings. The minimum absolute atomic E-state index is 0.189. The average Bonchev–Trinajstić information content (AvgIpc) is 2.59. The van der Waals surface area contributed by atoms with Crippen molar-refractivity contribution in [3.8, 4) is 0 Å². The zero-order valence-corrected chi connectivity index (χ0v) is 10.5. The first-order valence-corrected chi connectivity index (χ1v) is 7.75. The van der Waals surface area contributed by atoms with Crippen molar-refractivity contribution in [1.82, 2.24) is 0 Å². The van der Waals surface area contributed by atoms with Gasteiger partial charge in [0.1, 0.15) is 0 Å². The maximum absolute atomic E-state index is 11.8. The molecule has 1 heterocycles. The molecule has 1 nitrogen and oxygen atoms in total. The van der Waals surface area contributed by atoms with Gasteiger partial charge in [-0.1, -0.05) is 18.2 Å². The van der Waals surface area contributed by atoms with Gasteiger partial charge in [-0.15, -0.1) is 11.3 Å². The first kappa shape index (κ1) is 10.7. The highest BCUT2D eigenvalue weighted by Crippen LogP contribution is 2.25. The van der Waals surface area contributed by atoms with Gasteiger partial charge in [-0.2, -0.15) is 0 Å². The molecule has 3 heteroatoms. The Bertz CT molecular complexity index is 452. The molecule has 0 aliphatic carbocycles. The first-order valence-electron chi connectivity index (χ1n) is 4.73. The molecular formula is C12H13OS2+. The van der Waals surface area contributed by atoms with E-state index in [0.717, 1.165) is 4.88 Å². The van der Waals surface area contributed by atoms with Crippen LogP contribution in [0, 0.1) is 0 Å². The number of hydrogen-bond donors (Lipinski definition) is 0. The van der Waals surface area contributed by atoms with Crippen LogP contribution in [-0.2, 0) is 10.9 Å². The predicted octanol–water partition coefficient (Wildman–Crippen LogP) is 2.96. The second-order valence-electron chi connectivity index (χ2n) is 3.70. The maximum atomic E-state index is 11.8. The van der Waals surface area contributed by atoms with Gasteiger partial charge in [0.05, 0.1) is 17.4 Å². The van der Waals surface area contributed by atoms with E-state index in [0.29, 0.717) is 5.75 Å². The van der Waals surface area contributed by atoms with E-state index in [-0.39, 0.29) is 16.7 Å². The van der Waals surface area contributed by atoms with Gasteiger partial charge in [0.2, 0.25) is 5.78 Å². The van der Waals surface area contributed by atoms with Crippen LogP contribution in [-0.4, -0.2) is 24.0 Å². The van der Waals surface area contributed by atoms with Gasteiger partial charge in [0.15, 0.2) is 5.75 Å². The van der Waals surface area contributed by atoms with Crippen molar-refractivity contribution in [2.75, 3.05) is 18.3 Å². The molecule has 0 aliphatic heterocycles. The van der Waals surface area contributed by atoms with Crippen molar-refractivity contribution in [3.63, 3.8) is 0 Å². The van der Waals surface area contributed by atoms with E-state index in [1.54, 1.807) is 11.3 Å². The summed E-state index contributed by atoms with van der Waals surface area (Å²) >= 11 is 1.60. The lowest BCUT2D eigenvalue weighted by Gasteiger charge is -1.93. The smallest absolute Gasteiger partial charge is 0.221 e. The monoisotopic (exact) mass is 237 g/mol. The number of ketones is 1. The summed E-state index contributed by atoms with van der Waals surface area (Å²) in [6.07, 6.45) is 4.20. The van der Waals surface area contributed by atoms with Gasteiger partial charge in [-0.3, -0.25) is 4.79 Å². The van der Waals surface area contributed by atoms with Crippen LogP contribution in [0.15, 0.2) is 30.3 Å². The van der Waals surface area contributed by atoms with E-state index < -0.39 is 0 Å². The van der Waals surface area contributed by atoms with Gasteiger partial charge >= 0.3 is 0 Å². The molecule has 0 saturated carbocycles. The number of fused-ring (bicyclic) bond motifs is 1. The SMILES string of the molecule is C[S+](C)CC(=O)c1cc2ccccc2s1. The molecule has 0 saturated heterocycles. The zero-order chi connectivity index (χ0) is 10.8. The van der Waals surface area contributed by atoms with Crippen molar-refractivity contribution >= 4 is 38.1 Å². The Balaban J connectivity index is 2.32. The minimum atomic E-state index is 0.189. The number of carbonyl (C=O) groups excluding carboxylic acids is 1. The summed E-state index contributed by atoms with van der Waals surface area (Å²) in [5, 5.41) is 1.18. The molecule has 0 bridgehead atoms. The van der Waals surface area contributed by atoms with Crippen LogP contribution in [0.4, 0.5) is 0 Å². The Morgan fingerprint density at radius 3 is 2.73 bits per heavy atom. The van der Waals surface area contributed by atoms with E-state index in [2.05, 4.69) is 24.6 Å². The van der Waals surface area contributed by atoms with Gasteiger partial charge in [-0.25, -0.2) is 0 Å². The van der Waals surface area contributed by atoms with Crippen LogP contribution in [0.5, 0.6) is 0 Å². The molecule has 0 spiro atoms. The van der Waals surface area contributed by atoms with Gasteiger partial charge < -0.3 is 0 Å². The summed E-state index contributed by atoms with van der Waals surface area (Å²) in [4.78, 5) is 12.7. The molecule has 0 atom stereocenters. The molecule has 2 rings (SSSR count). The molecule has 1 aromatic carbocycles. The fraction of sp³-hybridized carbons (Fsp3) is 0.250. The molecule has 0 radical (unpaired) electrons. The molecule has 0 N–H and O–H groups in total. The van der Waals surface area contributed by atoms with Gasteiger partial charge in [-0.05, 0) is 28.4 Å². The van der Waals surface area contributed by atoms with Crippen LogP contribution < -0.4 is 0 Å². The van der Waals surface area contributed by atoms with Crippen molar-refractivity contribution in [1.29, 1.82) is 0 Å². The Morgan fingerprint density at radius 2 is 2.07 bits per heavy atom. The number of thiophene rings is 1. The number of Topliss-reactive ketones (excluding diaryl/α,β-unsaturated/α-hetero) is 1. The fourth-order valence-corrected chi connectivity index (χ4v) is 3.22. The van der Waals surface area contributed by atoms with Gasteiger partial charge in [0.25, 0.3) is 0 Å². The second-order valence-corrected chi connectivity index (χ2v) is 7.05. The Hall–Kier alpha value is -0.800. The van der Waals surface area contributed by atoms with Crippen molar-refractivity contribution < 1.29 is 4.79 Å². The third-order valence-electron chi connectivity index (χ3n) is 2.12. The molecule has 0 fully saturated rings. The molecule has 15 heavy (non-hydrogen) atoms. The summed E-state index contributed by atoms with van der Waals surface area (Å²) in [6, 6.07) is 10.1. The standard InChI is InChI=1S/C12H13OS2/c1-15(2)8-10(13)12-7-9-5-3-4-6-11(9)14-12/h3-7H,8H2,1-2H3/q+1. The van der Waals surface area contributed by atoms with Crippen LogP contribution >= 0.6 is 11.3 Å². The van der Waals surface area contributed by atoms with Crippen LogP contribution in [0.1, 0.15) is 9.67 Å². The molecular weight excluding hydrogens is 224 g/mol. The van der Waals surface area contributed by atoms with Crippen molar-refractivity contribution in [3.05, 3.63) is 35.2 Å². The van der Waals surface area contributed by atoms with E-state index in [9.17, 15) is 4.79 Å². The summed E-state index contributed by atoms with van der Waals surface area (Å²) in [5.74, 6) is 0.955. The number of hydrogen-bond acceptors (Lipinski definition) is 2. The topological polar surface area (TPSA) is 17.1 Å². The Kier molecular flexibility index (Phi) is 3.12. The summed E-state index contributed by atoms with van der Waals surface area (Å²) in [5.41, 5.74) is 0. The highest BCUT2D eigenvalue weighted by atomic mass is 32.2. The first-order chi connectivity index (χ1) is 7.16. The van der Waals surface area contributed by atoms with E-state index in [1.807, 2.05) is 18.2 Å². The van der Waals surface area contributed by atoms with E-state index in [4.69, 9.17) is 0 Å². The fourth-order valence-electron chi connectivity index (χ4n) is 1.45. The van der Waals surface area contributed by atoms with Gasteiger partial charge in [0, 0.05) is 4.70 Å². The highest BCUT2D eigenvalue weighted by molar-refractivity contribution is 7.96. The number of rotatable bonds is 3. The Labute approximate surface area is 96.5 Å². The summed E-state index contributed by atoms with van der Waals surface area (Å²) in [7, 11) is 0.189. The number of benzene rings is 1. The van der Waals surface area contributed by atoms with Crippen LogP contribution in [0.3, 0.4) is 0 Å². The largest absolute Gasteiger partial charge is 0.288 e. The molecule has 0 unspecified atom stereocenters. The third kappa shape index (κ3) is 2.41. The molecule has 2 aromatic rings. The second kappa shape index (κ2) is 4.37. The lowest BCUT2D eigenvalue weighted by atomic mass is 10.2. The Morgan fingerprint density at radius 1 is 1.33 bits per heavy atom. The quantitative estimate of drug-likeness (QED) is 0.592. The van der Waals surface area contributed by atoms with E-state index >= 15 is 0 Å². The summed E-state index contributed by atoms with van der Waals surface area (Å²) in [6.45, 7) is 0. The van der Waals surface area contributed by atoms with Crippen LogP contribution in [0.25, 0.3) is 10.1 Å². The minimum Gasteiger partial charge on any atom is -0.288 e. The highest BCUT2D eigenvalue weighted by Gasteiger charge is 2.16. The third-order valence-corrected chi connectivity index (χ3v) is 4.12. The molecule has 0 amide bonds. The van der Waals surface area contributed by atoms with Crippen LogP contribution in [0.2, 0.25) is 0 Å². The van der Waals surface area contributed by atoms with Crippen molar-refractivity contribution in [2.45, 2.75) is 0 Å². The lowest BCUT2D eigenvalue weighted by Crippen LogP contribution is -2.12. The summed E-state index contributed by atoms with van der Waals surface area (Å²) < 4.78 is 1.20. The molecule has 1 aromatic heterocycles. The maximum Gasteiger partial charge on any atom is 0.221 e. The normalized spacial score (nSPS) is 11.1. The van der Waals surface area contributed by atoms with E-state index in [1.165, 1.54) is 10.1 Å².